The van der Waals surface area contributed by atoms with Gasteiger partial charge in [0.1, 0.15) is 0 Å². The van der Waals surface area contributed by atoms with Crippen molar-refractivity contribution in [2.45, 2.75) is 37.1 Å². The zero-order valence-corrected chi connectivity index (χ0v) is 10.9. The molecule has 0 saturated heterocycles. The molecule has 2 rings (SSSR count). The maximum absolute atomic E-state index is 4.06. The molecule has 1 heterocycles. The fourth-order valence-electron chi connectivity index (χ4n) is 2.58. The third-order valence-corrected chi connectivity index (χ3v) is 4.62. The van der Waals surface area contributed by atoms with Gasteiger partial charge in [0.05, 0.1) is 0 Å². The molecular weight excluding hydrogens is 216 g/mol. The van der Waals surface area contributed by atoms with E-state index in [4.69, 9.17) is 0 Å². The van der Waals surface area contributed by atoms with Crippen molar-refractivity contribution in [3.8, 4) is 0 Å². The molecule has 3 heteroatoms. The van der Waals surface area contributed by atoms with Gasteiger partial charge in [0.2, 0.25) is 0 Å². The van der Waals surface area contributed by atoms with E-state index in [2.05, 4.69) is 35.3 Å². The number of rotatable bonds is 4. The van der Waals surface area contributed by atoms with Gasteiger partial charge in [-0.3, -0.25) is 9.88 Å². The van der Waals surface area contributed by atoms with Gasteiger partial charge in [0.25, 0.3) is 0 Å². The van der Waals surface area contributed by atoms with Gasteiger partial charge in [-0.25, -0.2) is 0 Å². The Bertz CT molecular complexity index is 315. The Hall–Kier alpha value is -0.540. The van der Waals surface area contributed by atoms with Crippen molar-refractivity contribution >= 4 is 11.8 Å². The van der Waals surface area contributed by atoms with Crippen LogP contribution in [0.3, 0.4) is 0 Å². The fraction of sp³-hybridized carbons (Fsp3) is 0.615. The predicted molar refractivity (Wildman–Crippen MR) is 70.6 cm³/mol. The van der Waals surface area contributed by atoms with Crippen molar-refractivity contribution in [2.24, 2.45) is 0 Å². The van der Waals surface area contributed by atoms with Crippen LogP contribution in [0, 0.1) is 0 Å². The zero-order chi connectivity index (χ0) is 11.4. The van der Waals surface area contributed by atoms with Gasteiger partial charge in [0, 0.05) is 30.2 Å². The van der Waals surface area contributed by atoms with Gasteiger partial charge >= 0.3 is 0 Å². The molecule has 1 aliphatic carbocycles. The number of pyridine rings is 1. The molecule has 2 nitrogen and oxygen atoms in total. The van der Waals surface area contributed by atoms with Gasteiger partial charge in [-0.15, -0.1) is 0 Å². The highest BCUT2D eigenvalue weighted by Gasteiger charge is 2.29. The van der Waals surface area contributed by atoms with Crippen LogP contribution in [0.4, 0.5) is 0 Å². The van der Waals surface area contributed by atoms with E-state index in [1.807, 2.05) is 24.2 Å². The molecule has 1 fully saturated rings. The van der Waals surface area contributed by atoms with Gasteiger partial charge in [-0.1, -0.05) is 6.42 Å². The van der Waals surface area contributed by atoms with Crippen LogP contribution in [0.15, 0.2) is 24.5 Å². The second kappa shape index (κ2) is 5.69. The van der Waals surface area contributed by atoms with E-state index in [0.29, 0.717) is 0 Å². The van der Waals surface area contributed by atoms with Crippen LogP contribution in [-0.2, 0) is 6.54 Å². The third-order valence-electron chi connectivity index (χ3n) is 3.47. The molecule has 0 radical (unpaired) electrons. The molecule has 0 bridgehead atoms. The summed E-state index contributed by atoms with van der Waals surface area (Å²) in [5.41, 5.74) is 1.37. The first kappa shape index (κ1) is 11.9. The number of hydrogen-bond donors (Lipinski definition) is 0. The molecule has 2 atom stereocenters. The average molecular weight is 236 g/mol. The van der Waals surface area contributed by atoms with E-state index >= 15 is 0 Å². The summed E-state index contributed by atoms with van der Waals surface area (Å²) in [4.78, 5) is 6.56. The topological polar surface area (TPSA) is 16.1 Å². The lowest BCUT2D eigenvalue weighted by atomic mass is 10.2. The summed E-state index contributed by atoms with van der Waals surface area (Å²) in [6, 6.07) is 4.97. The van der Waals surface area contributed by atoms with Gasteiger partial charge < -0.3 is 0 Å². The average Bonchev–Trinajstić information content (AvgIpc) is 2.78. The Balaban J connectivity index is 1.95. The van der Waals surface area contributed by atoms with E-state index in [-0.39, 0.29) is 0 Å². The minimum Gasteiger partial charge on any atom is -0.298 e. The van der Waals surface area contributed by atoms with E-state index < -0.39 is 0 Å². The summed E-state index contributed by atoms with van der Waals surface area (Å²) in [6.07, 6.45) is 10.1. The molecular formula is C13H20N2S. The van der Waals surface area contributed by atoms with E-state index in [1.54, 1.807) is 0 Å². The minimum absolute atomic E-state index is 0.753. The van der Waals surface area contributed by atoms with Crippen molar-refractivity contribution in [3.63, 3.8) is 0 Å². The zero-order valence-electron chi connectivity index (χ0n) is 10.1. The summed E-state index contributed by atoms with van der Waals surface area (Å²) in [7, 11) is 2.25. The highest BCUT2D eigenvalue weighted by atomic mass is 32.2. The highest BCUT2D eigenvalue weighted by molar-refractivity contribution is 7.99. The standard InChI is InChI=1S/C13H20N2S/c1-15(10-11-6-8-14-9-7-11)12-4-3-5-13(12)16-2/h6-9,12-13H,3-5,10H2,1-2H3/t12-,13-/m1/s1. The highest BCUT2D eigenvalue weighted by Crippen LogP contribution is 2.32. The summed E-state index contributed by atoms with van der Waals surface area (Å²) >= 11 is 2.03. The largest absolute Gasteiger partial charge is 0.298 e. The predicted octanol–water partition coefficient (Wildman–Crippen LogP) is 2.80. The summed E-state index contributed by atoms with van der Waals surface area (Å²) < 4.78 is 0. The quantitative estimate of drug-likeness (QED) is 0.799. The van der Waals surface area contributed by atoms with Gasteiger partial charge in [-0.05, 0) is 43.8 Å². The van der Waals surface area contributed by atoms with Crippen molar-refractivity contribution < 1.29 is 0 Å². The van der Waals surface area contributed by atoms with E-state index in [1.165, 1.54) is 24.8 Å². The second-order valence-corrected chi connectivity index (χ2v) is 5.62. The van der Waals surface area contributed by atoms with Gasteiger partial charge in [-0.2, -0.15) is 11.8 Å². The molecule has 0 aliphatic heterocycles. The Morgan fingerprint density at radius 3 is 2.81 bits per heavy atom. The molecule has 0 aromatic carbocycles. The lowest BCUT2D eigenvalue weighted by Gasteiger charge is -2.28. The first-order chi connectivity index (χ1) is 7.81. The van der Waals surface area contributed by atoms with Crippen LogP contribution in [0.2, 0.25) is 0 Å². The fourth-order valence-corrected chi connectivity index (χ4v) is 3.64. The Morgan fingerprint density at radius 2 is 2.12 bits per heavy atom. The van der Waals surface area contributed by atoms with Crippen LogP contribution in [0.25, 0.3) is 0 Å². The Labute approximate surface area is 102 Å². The number of aromatic nitrogens is 1. The van der Waals surface area contributed by atoms with Crippen molar-refractivity contribution in [1.82, 2.24) is 9.88 Å². The Morgan fingerprint density at radius 1 is 1.38 bits per heavy atom. The SMILES string of the molecule is CS[C@@H]1CCC[C@H]1N(C)Cc1ccncc1. The first-order valence-electron chi connectivity index (χ1n) is 5.93. The molecule has 0 amide bonds. The number of hydrogen-bond acceptors (Lipinski definition) is 3. The summed E-state index contributed by atoms with van der Waals surface area (Å²) in [5.74, 6) is 0. The minimum atomic E-state index is 0.753. The number of thioether (sulfide) groups is 1. The van der Waals surface area contributed by atoms with Crippen molar-refractivity contribution in [3.05, 3.63) is 30.1 Å². The molecule has 1 aromatic heterocycles. The normalized spacial score (nSPS) is 25.2. The van der Waals surface area contributed by atoms with Crippen LogP contribution in [0.5, 0.6) is 0 Å². The van der Waals surface area contributed by atoms with Gasteiger partial charge in [0.15, 0.2) is 0 Å². The molecule has 1 aromatic rings. The molecule has 88 valence electrons. The van der Waals surface area contributed by atoms with Crippen molar-refractivity contribution in [2.75, 3.05) is 13.3 Å². The molecule has 0 spiro atoms. The monoisotopic (exact) mass is 236 g/mol. The Kier molecular flexibility index (Phi) is 4.24. The lowest BCUT2D eigenvalue weighted by Crippen LogP contribution is -2.35. The second-order valence-electron chi connectivity index (χ2n) is 4.54. The molecule has 1 saturated carbocycles. The summed E-state index contributed by atoms with van der Waals surface area (Å²) in [6.45, 7) is 1.05. The van der Waals surface area contributed by atoms with Crippen LogP contribution in [0.1, 0.15) is 24.8 Å². The molecule has 0 N–H and O–H groups in total. The lowest BCUT2D eigenvalue weighted by molar-refractivity contribution is 0.241. The maximum atomic E-state index is 4.06. The first-order valence-corrected chi connectivity index (χ1v) is 7.22. The van der Waals surface area contributed by atoms with E-state index in [0.717, 1.165) is 17.8 Å². The molecule has 16 heavy (non-hydrogen) atoms. The van der Waals surface area contributed by atoms with Crippen LogP contribution in [-0.4, -0.2) is 34.5 Å². The third kappa shape index (κ3) is 2.77. The number of nitrogens with zero attached hydrogens (tertiary/aromatic N) is 2. The van der Waals surface area contributed by atoms with E-state index in [9.17, 15) is 0 Å². The van der Waals surface area contributed by atoms with Crippen LogP contribution < -0.4 is 0 Å². The molecule has 0 unspecified atom stereocenters. The smallest absolute Gasteiger partial charge is 0.0271 e. The maximum Gasteiger partial charge on any atom is 0.0271 e. The summed E-state index contributed by atoms with van der Waals surface area (Å²) in [5, 5.41) is 0.826. The van der Waals surface area contributed by atoms with Crippen molar-refractivity contribution in [1.29, 1.82) is 0 Å². The molecule has 1 aliphatic rings. The van der Waals surface area contributed by atoms with Crippen LogP contribution >= 0.6 is 11.8 Å².